The number of benzene rings is 1. The molecule has 134 valence electrons. The van der Waals surface area contributed by atoms with E-state index in [4.69, 9.17) is 4.42 Å². The van der Waals surface area contributed by atoms with Crippen LogP contribution in [-0.2, 0) is 22.3 Å². The topological polar surface area (TPSA) is 53.8 Å². The summed E-state index contributed by atoms with van der Waals surface area (Å²) in [6.07, 6.45) is 0. The maximum Gasteiger partial charge on any atom is 0.289 e. The second-order valence-corrected chi connectivity index (χ2v) is 8.03. The Morgan fingerprint density at radius 3 is 2.40 bits per heavy atom. The molecular weight excluding hydrogens is 336 g/mol. The van der Waals surface area contributed by atoms with Crippen LogP contribution in [0.1, 0.15) is 27.4 Å². The average molecular weight is 360 g/mol. The van der Waals surface area contributed by atoms with E-state index in [1.165, 1.54) is 5.56 Å². The molecular formula is C19H24N2O3S. The number of hydrogen-bond donors (Lipinski definition) is 0. The number of likely N-dealkylation sites (N-methyl/N-ethyl adjacent to an activating group) is 1. The van der Waals surface area contributed by atoms with E-state index in [1.807, 2.05) is 36.1 Å². The molecule has 1 amide bonds. The van der Waals surface area contributed by atoms with E-state index in [1.54, 1.807) is 12.1 Å². The Kier molecular flexibility index (Phi) is 5.71. The fourth-order valence-electron chi connectivity index (χ4n) is 2.82. The summed E-state index contributed by atoms with van der Waals surface area (Å²) in [6.45, 7) is 5.21. The average Bonchev–Trinajstić information content (AvgIpc) is 3.05. The first-order chi connectivity index (χ1) is 12.0. The fraction of sp³-hybridized carbons (Fsp3) is 0.421. The molecule has 5 nitrogen and oxygen atoms in total. The molecule has 1 aromatic carbocycles. The first kappa shape index (κ1) is 17.9. The lowest BCUT2D eigenvalue weighted by Gasteiger charge is -2.31. The van der Waals surface area contributed by atoms with Crippen LogP contribution in [0.3, 0.4) is 0 Å². The van der Waals surface area contributed by atoms with E-state index >= 15 is 0 Å². The van der Waals surface area contributed by atoms with Crippen LogP contribution in [0, 0.1) is 6.92 Å². The van der Waals surface area contributed by atoms with Crippen LogP contribution < -0.4 is 0 Å². The first-order valence-electron chi connectivity index (χ1n) is 8.48. The Labute approximate surface area is 151 Å². The third-order valence-corrected chi connectivity index (χ3v) is 5.68. The second-order valence-electron chi connectivity index (χ2n) is 6.58. The fourth-order valence-corrected chi connectivity index (χ4v) is 3.95. The number of aryl methyl sites for hydroxylation is 1. The molecule has 0 unspecified atom stereocenters. The van der Waals surface area contributed by atoms with Crippen LogP contribution in [0.15, 0.2) is 40.8 Å². The quantitative estimate of drug-likeness (QED) is 0.822. The number of hydrogen-bond acceptors (Lipinski definition) is 4. The predicted octanol–water partition coefficient (Wildman–Crippen LogP) is 2.42. The largest absolute Gasteiger partial charge is 0.455 e. The maximum atomic E-state index is 12.5. The predicted molar refractivity (Wildman–Crippen MR) is 98.8 cm³/mol. The number of piperazine rings is 1. The summed E-state index contributed by atoms with van der Waals surface area (Å²) in [5, 5.41) is 0. The molecule has 25 heavy (non-hydrogen) atoms. The van der Waals surface area contributed by atoms with Gasteiger partial charge in [-0.3, -0.25) is 9.00 Å². The number of nitrogens with zero attached hydrogens (tertiary/aromatic N) is 2. The van der Waals surface area contributed by atoms with Crippen molar-refractivity contribution in [2.45, 2.75) is 18.4 Å². The van der Waals surface area contributed by atoms with Gasteiger partial charge in [0.15, 0.2) is 5.76 Å². The minimum Gasteiger partial charge on any atom is -0.455 e. The second kappa shape index (κ2) is 7.97. The van der Waals surface area contributed by atoms with Crippen molar-refractivity contribution in [3.05, 3.63) is 59.0 Å². The van der Waals surface area contributed by atoms with Gasteiger partial charge in [0.2, 0.25) is 0 Å². The van der Waals surface area contributed by atoms with E-state index in [0.717, 1.165) is 18.7 Å². The summed E-state index contributed by atoms with van der Waals surface area (Å²) in [7, 11) is 0.988. The molecule has 0 radical (unpaired) electrons. The normalized spacial score (nSPS) is 16.8. The number of carbonyl (C=O) groups excluding carboxylic acids is 1. The standard InChI is InChI=1S/C19H24N2O3S/c1-15-3-5-16(6-4-15)13-25(23)14-17-7-8-18(24-17)19(22)21-11-9-20(2)10-12-21/h3-8H,9-14H2,1-2H3/t25-/m0/s1. The van der Waals surface area contributed by atoms with Crippen molar-refractivity contribution in [1.82, 2.24) is 9.80 Å². The molecule has 1 aliphatic rings. The monoisotopic (exact) mass is 360 g/mol. The summed E-state index contributed by atoms with van der Waals surface area (Å²) in [5.74, 6) is 1.67. The van der Waals surface area contributed by atoms with Gasteiger partial charge in [0, 0.05) is 42.7 Å². The summed E-state index contributed by atoms with van der Waals surface area (Å²) >= 11 is 0. The van der Waals surface area contributed by atoms with Gasteiger partial charge in [-0.2, -0.15) is 0 Å². The Balaban J connectivity index is 1.56. The minimum absolute atomic E-state index is 0.0799. The summed E-state index contributed by atoms with van der Waals surface area (Å²) in [5.41, 5.74) is 2.23. The van der Waals surface area contributed by atoms with E-state index < -0.39 is 10.8 Å². The van der Waals surface area contributed by atoms with E-state index in [0.29, 0.717) is 36.1 Å². The van der Waals surface area contributed by atoms with Gasteiger partial charge in [-0.25, -0.2) is 0 Å². The van der Waals surface area contributed by atoms with Crippen LogP contribution in [0.5, 0.6) is 0 Å². The third kappa shape index (κ3) is 4.80. The number of furan rings is 1. The lowest BCUT2D eigenvalue weighted by atomic mass is 10.2. The Morgan fingerprint density at radius 1 is 1.04 bits per heavy atom. The molecule has 0 N–H and O–H groups in total. The Bertz CT molecular complexity index is 746. The summed E-state index contributed by atoms with van der Waals surface area (Å²) < 4.78 is 18.0. The third-order valence-electron chi connectivity index (χ3n) is 4.41. The number of carbonyl (C=O) groups is 1. The zero-order valence-electron chi connectivity index (χ0n) is 14.7. The van der Waals surface area contributed by atoms with Gasteiger partial charge in [-0.15, -0.1) is 0 Å². The van der Waals surface area contributed by atoms with Crippen molar-refractivity contribution in [3.63, 3.8) is 0 Å². The molecule has 1 saturated heterocycles. The molecule has 1 fully saturated rings. The molecule has 3 rings (SSSR count). The zero-order valence-corrected chi connectivity index (χ0v) is 15.6. The van der Waals surface area contributed by atoms with Crippen molar-refractivity contribution in [2.24, 2.45) is 0 Å². The van der Waals surface area contributed by atoms with Gasteiger partial charge >= 0.3 is 0 Å². The van der Waals surface area contributed by atoms with E-state index in [9.17, 15) is 9.00 Å². The Hall–Kier alpha value is -1.92. The molecule has 0 bridgehead atoms. The van der Waals surface area contributed by atoms with Crippen molar-refractivity contribution in [2.75, 3.05) is 33.2 Å². The van der Waals surface area contributed by atoms with Crippen LogP contribution in [-0.4, -0.2) is 53.1 Å². The molecule has 2 aromatic rings. The highest BCUT2D eigenvalue weighted by molar-refractivity contribution is 7.83. The van der Waals surface area contributed by atoms with Crippen LogP contribution >= 0.6 is 0 Å². The molecule has 1 atom stereocenters. The van der Waals surface area contributed by atoms with Gasteiger partial charge in [0.1, 0.15) is 5.76 Å². The van der Waals surface area contributed by atoms with Gasteiger partial charge in [0.25, 0.3) is 5.91 Å². The summed E-state index contributed by atoms with van der Waals surface area (Å²) in [6, 6.07) is 11.5. The van der Waals surface area contributed by atoms with Crippen molar-refractivity contribution in [3.8, 4) is 0 Å². The summed E-state index contributed by atoms with van der Waals surface area (Å²) in [4.78, 5) is 16.5. The minimum atomic E-state index is -1.06. The molecule has 1 aliphatic heterocycles. The maximum absolute atomic E-state index is 12.5. The van der Waals surface area contributed by atoms with Crippen LogP contribution in [0.4, 0.5) is 0 Å². The van der Waals surface area contributed by atoms with Crippen LogP contribution in [0.25, 0.3) is 0 Å². The zero-order chi connectivity index (χ0) is 17.8. The molecule has 0 spiro atoms. The molecule has 1 aromatic heterocycles. The Morgan fingerprint density at radius 2 is 1.72 bits per heavy atom. The smallest absolute Gasteiger partial charge is 0.289 e. The highest BCUT2D eigenvalue weighted by Crippen LogP contribution is 2.15. The molecule has 6 heteroatoms. The number of rotatable bonds is 5. The van der Waals surface area contributed by atoms with Gasteiger partial charge in [0.05, 0.1) is 5.75 Å². The molecule has 0 saturated carbocycles. The van der Waals surface area contributed by atoms with Gasteiger partial charge in [-0.05, 0) is 31.7 Å². The highest BCUT2D eigenvalue weighted by Gasteiger charge is 2.23. The van der Waals surface area contributed by atoms with Crippen molar-refractivity contribution < 1.29 is 13.4 Å². The van der Waals surface area contributed by atoms with E-state index in [-0.39, 0.29) is 5.91 Å². The van der Waals surface area contributed by atoms with Gasteiger partial charge in [-0.1, -0.05) is 29.8 Å². The first-order valence-corrected chi connectivity index (χ1v) is 9.97. The van der Waals surface area contributed by atoms with Crippen molar-refractivity contribution >= 4 is 16.7 Å². The lowest BCUT2D eigenvalue weighted by molar-refractivity contribution is 0.0631. The van der Waals surface area contributed by atoms with Crippen LogP contribution in [0.2, 0.25) is 0 Å². The highest BCUT2D eigenvalue weighted by atomic mass is 32.2. The van der Waals surface area contributed by atoms with Crippen molar-refractivity contribution in [1.29, 1.82) is 0 Å². The van der Waals surface area contributed by atoms with Gasteiger partial charge < -0.3 is 14.2 Å². The number of amides is 1. The van der Waals surface area contributed by atoms with E-state index in [2.05, 4.69) is 11.9 Å². The molecule has 2 heterocycles. The molecule has 0 aliphatic carbocycles. The SMILES string of the molecule is Cc1ccc(C[S@](=O)Cc2ccc(C(=O)N3CCN(C)CC3)o2)cc1. The lowest BCUT2D eigenvalue weighted by Crippen LogP contribution is -2.47.